The van der Waals surface area contributed by atoms with Gasteiger partial charge < -0.3 is 14.7 Å². The van der Waals surface area contributed by atoms with Crippen molar-refractivity contribution in [2.24, 2.45) is 0 Å². The number of aromatic nitrogens is 1. The summed E-state index contributed by atoms with van der Waals surface area (Å²) in [6.07, 6.45) is 1.66. The number of rotatable bonds is 6. The van der Waals surface area contributed by atoms with Crippen molar-refractivity contribution in [2.45, 2.75) is 45.3 Å². The maximum Gasteiger partial charge on any atom is 0.305 e. The maximum atomic E-state index is 12.7. The van der Waals surface area contributed by atoms with Gasteiger partial charge in [-0.05, 0) is 51.0 Å². The number of benzene rings is 1. The second-order valence-electron chi connectivity index (χ2n) is 6.62. The number of carboxylic acid groups (broad SMARTS) is 1. The maximum absolute atomic E-state index is 12.7. The largest absolute Gasteiger partial charge is 0.491 e. The van der Waals surface area contributed by atoms with E-state index in [2.05, 4.69) is 4.98 Å². The van der Waals surface area contributed by atoms with Crippen LogP contribution in [0, 0.1) is 0 Å². The topological polar surface area (TPSA) is 79.7 Å². The molecular weight excluding hydrogens is 352 g/mol. The summed E-state index contributed by atoms with van der Waals surface area (Å²) in [7, 11) is 0. The fourth-order valence-electron chi connectivity index (χ4n) is 3.12. The Kier molecular flexibility index (Phi) is 5.56. The van der Waals surface area contributed by atoms with Crippen LogP contribution >= 0.6 is 11.3 Å². The Morgan fingerprint density at radius 3 is 2.73 bits per heavy atom. The van der Waals surface area contributed by atoms with Gasteiger partial charge in [-0.2, -0.15) is 0 Å². The molecular formula is C19H22N2O4S. The third kappa shape index (κ3) is 4.22. The zero-order valence-corrected chi connectivity index (χ0v) is 15.7. The second-order valence-corrected chi connectivity index (χ2v) is 7.48. The van der Waals surface area contributed by atoms with Crippen LogP contribution in [0.5, 0.6) is 5.75 Å². The van der Waals surface area contributed by atoms with E-state index < -0.39 is 5.97 Å². The van der Waals surface area contributed by atoms with Crippen molar-refractivity contribution in [3.05, 3.63) is 35.3 Å². The molecule has 0 radical (unpaired) electrons. The van der Waals surface area contributed by atoms with Gasteiger partial charge in [-0.15, -0.1) is 11.3 Å². The molecule has 26 heavy (non-hydrogen) atoms. The van der Waals surface area contributed by atoms with Crippen LogP contribution in [0.1, 0.15) is 43.6 Å². The van der Waals surface area contributed by atoms with Crippen LogP contribution in [0.4, 0.5) is 0 Å². The molecule has 138 valence electrons. The van der Waals surface area contributed by atoms with Crippen molar-refractivity contribution in [1.29, 1.82) is 0 Å². The van der Waals surface area contributed by atoms with Crippen LogP contribution in [0.15, 0.2) is 29.6 Å². The standard InChI is InChI=1S/C19H22N2O4S/c1-12(2)25-15-7-5-13(6-8-15)18-20-16(11-26-18)19(24)21-9-3-4-14(21)10-17(22)23/h5-8,11-12,14H,3-4,9-10H2,1-2H3,(H,22,23). The van der Waals surface area contributed by atoms with Crippen molar-refractivity contribution in [3.63, 3.8) is 0 Å². The lowest BCUT2D eigenvalue weighted by Crippen LogP contribution is -2.37. The smallest absolute Gasteiger partial charge is 0.305 e. The van der Waals surface area contributed by atoms with Gasteiger partial charge in [-0.1, -0.05) is 0 Å². The van der Waals surface area contributed by atoms with E-state index in [0.29, 0.717) is 12.2 Å². The summed E-state index contributed by atoms with van der Waals surface area (Å²) in [6.45, 7) is 4.54. The number of likely N-dealkylation sites (tertiary alicyclic amines) is 1. The zero-order chi connectivity index (χ0) is 18.7. The molecule has 3 rings (SSSR count). The molecule has 1 aliphatic rings. The molecule has 0 bridgehead atoms. The molecule has 2 aromatic rings. The normalized spacial score (nSPS) is 16.9. The molecule has 1 N–H and O–H groups in total. The first-order valence-corrected chi connectivity index (χ1v) is 9.57. The minimum Gasteiger partial charge on any atom is -0.491 e. The Morgan fingerprint density at radius 1 is 1.35 bits per heavy atom. The van der Waals surface area contributed by atoms with E-state index in [0.717, 1.165) is 29.2 Å². The van der Waals surface area contributed by atoms with Gasteiger partial charge in [0.1, 0.15) is 16.5 Å². The van der Waals surface area contributed by atoms with Gasteiger partial charge in [-0.25, -0.2) is 4.98 Å². The van der Waals surface area contributed by atoms with Gasteiger partial charge in [0, 0.05) is 23.5 Å². The van der Waals surface area contributed by atoms with Crippen molar-refractivity contribution < 1.29 is 19.4 Å². The van der Waals surface area contributed by atoms with Crippen molar-refractivity contribution in [1.82, 2.24) is 9.88 Å². The van der Waals surface area contributed by atoms with E-state index in [1.54, 1.807) is 10.3 Å². The molecule has 1 atom stereocenters. The first-order valence-electron chi connectivity index (χ1n) is 8.69. The molecule has 1 aromatic carbocycles. The van der Waals surface area contributed by atoms with Crippen LogP contribution in [0.25, 0.3) is 10.6 Å². The molecule has 1 fully saturated rings. The number of ether oxygens (including phenoxy) is 1. The zero-order valence-electron chi connectivity index (χ0n) is 14.8. The Labute approximate surface area is 156 Å². The molecule has 2 heterocycles. The monoisotopic (exact) mass is 374 g/mol. The average Bonchev–Trinajstić information content (AvgIpc) is 3.23. The number of carbonyl (C=O) groups excluding carboxylic acids is 1. The predicted molar refractivity (Wildman–Crippen MR) is 99.6 cm³/mol. The lowest BCUT2D eigenvalue weighted by atomic mass is 10.1. The second kappa shape index (κ2) is 7.86. The molecule has 0 aliphatic carbocycles. The first kappa shape index (κ1) is 18.4. The van der Waals surface area contributed by atoms with Gasteiger partial charge in [0.15, 0.2) is 0 Å². The Hall–Kier alpha value is -2.41. The van der Waals surface area contributed by atoms with E-state index in [1.807, 2.05) is 38.1 Å². The van der Waals surface area contributed by atoms with E-state index in [4.69, 9.17) is 9.84 Å². The van der Waals surface area contributed by atoms with Crippen LogP contribution < -0.4 is 4.74 Å². The lowest BCUT2D eigenvalue weighted by molar-refractivity contribution is -0.137. The van der Waals surface area contributed by atoms with Gasteiger partial charge in [0.25, 0.3) is 5.91 Å². The third-order valence-electron chi connectivity index (χ3n) is 4.24. The summed E-state index contributed by atoms with van der Waals surface area (Å²) in [5.74, 6) is -0.265. The fourth-order valence-corrected chi connectivity index (χ4v) is 3.92. The fraction of sp³-hybridized carbons (Fsp3) is 0.421. The lowest BCUT2D eigenvalue weighted by Gasteiger charge is -2.22. The Balaban J connectivity index is 1.73. The minimum absolute atomic E-state index is 0.0138. The molecule has 0 saturated carbocycles. The highest BCUT2D eigenvalue weighted by Gasteiger charge is 2.32. The van der Waals surface area contributed by atoms with Gasteiger partial charge >= 0.3 is 5.97 Å². The van der Waals surface area contributed by atoms with Crippen LogP contribution in [0.2, 0.25) is 0 Å². The van der Waals surface area contributed by atoms with Crippen molar-refractivity contribution in [3.8, 4) is 16.3 Å². The molecule has 1 saturated heterocycles. The highest BCUT2D eigenvalue weighted by Crippen LogP contribution is 2.28. The molecule has 1 unspecified atom stereocenters. The van der Waals surface area contributed by atoms with Gasteiger partial charge in [-0.3, -0.25) is 9.59 Å². The quantitative estimate of drug-likeness (QED) is 0.834. The van der Waals surface area contributed by atoms with Crippen molar-refractivity contribution >= 4 is 23.2 Å². The average molecular weight is 374 g/mol. The summed E-state index contributed by atoms with van der Waals surface area (Å²) < 4.78 is 5.63. The number of hydrogen-bond acceptors (Lipinski definition) is 5. The molecule has 0 spiro atoms. The number of nitrogens with zero attached hydrogens (tertiary/aromatic N) is 2. The van der Waals surface area contributed by atoms with Crippen LogP contribution in [0.3, 0.4) is 0 Å². The van der Waals surface area contributed by atoms with Crippen LogP contribution in [-0.4, -0.2) is 45.6 Å². The number of amides is 1. The summed E-state index contributed by atoms with van der Waals surface area (Å²) in [4.78, 5) is 29.8. The van der Waals surface area contributed by atoms with E-state index in [-0.39, 0.29) is 24.5 Å². The van der Waals surface area contributed by atoms with Crippen molar-refractivity contribution in [2.75, 3.05) is 6.54 Å². The number of thiazole rings is 1. The molecule has 6 nitrogen and oxygen atoms in total. The third-order valence-corrected chi connectivity index (χ3v) is 5.14. The number of hydrogen-bond donors (Lipinski definition) is 1. The van der Waals surface area contributed by atoms with Crippen LogP contribution in [-0.2, 0) is 4.79 Å². The highest BCUT2D eigenvalue weighted by atomic mass is 32.1. The molecule has 1 amide bonds. The highest BCUT2D eigenvalue weighted by molar-refractivity contribution is 7.13. The SMILES string of the molecule is CC(C)Oc1ccc(-c2nc(C(=O)N3CCCC3CC(=O)O)cs2)cc1. The van der Waals surface area contributed by atoms with Gasteiger partial charge in [0.05, 0.1) is 12.5 Å². The Morgan fingerprint density at radius 2 is 2.08 bits per heavy atom. The first-order chi connectivity index (χ1) is 12.4. The number of carboxylic acids is 1. The summed E-state index contributed by atoms with van der Waals surface area (Å²) in [5, 5.41) is 11.5. The molecule has 1 aromatic heterocycles. The van der Waals surface area contributed by atoms with Gasteiger partial charge in [0.2, 0.25) is 0 Å². The van der Waals surface area contributed by atoms with E-state index in [9.17, 15) is 9.59 Å². The number of carbonyl (C=O) groups is 2. The molecule has 1 aliphatic heterocycles. The summed E-state index contributed by atoms with van der Waals surface area (Å²) >= 11 is 1.41. The Bertz CT molecular complexity index is 785. The van der Waals surface area contributed by atoms with E-state index >= 15 is 0 Å². The van der Waals surface area contributed by atoms with E-state index in [1.165, 1.54) is 11.3 Å². The summed E-state index contributed by atoms with van der Waals surface area (Å²) in [5.41, 5.74) is 1.30. The number of aliphatic carboxylic acids is 1. The predicted octanol–water partition coefficient (Wildman–Crippen LogP) is 3.68. The minimum atomic E-state index is -0.877. The molecule has 7 heteroatoms. The summed E-state index contributed by atoms with van der Waals surface area (Å²) in [6, 6.07) is 7.39.